The molecule has 0 saturated carbocycles. The molecular weight excluding hydrogens is 414 g/mol. The molecule has 0 radical (unpaired) electrons. The van der Waals surface area contributed by atoms with Crippen molar-refractivity contribution in [2.45, 2.75) is 38.2 Å². The lowest BCUT2D eigenvalue weighted by molar-refractivity contribution is 0.687. The molecule has 3 aromatic heterocycles. The van der Waals surface area contributed by atoms with Gasteiger partial charge in [-0.1, -0.05) is 35.5 Å². The monoisotopic (exact) mass is 431 g/mol. The van der Waals surface area contributed by atoms with Gasteiger partial charge in [0.05, 0.1) is 11.1 Å². The molecule has 0 unspecified atom stereocenters. The zero-order chi connectivity index (χ0) is 19.8. The fourth-order valence-corrected chi connectivity index (χ4v) is 5.13. The molecule has 1 N–H and O–H groups in total. The average molecular weight is 432 g/mol. The van der Waals surface area contributed by atoms with E-state index >= 15 is 0 Å². The highest BCUT2D eigenvalue weighted by Gasteiger charge is 2.16. The van der Waals surface area contributed by atoms with Crippen LogP contribution in [0.2, 0.25) is 5.02 Å². The molecule has 0 spiro atoms. The maximum Gasteiger partial charge on any atom is 0.259 e. The first kappa shape index (κ1) is 19.2. The number of fused-ring (bicyclic) bond motifs is 1. The van der Waals surface area contributed by atoms with Gasteiger partial charge in [-0.2, -0.15) is 0 Å². The highest BCUT2D eigenvalue weighted by Crippen LogP contribution is 2.29. The van der Waals surface area contributed by atoms with E-state index in [1.807, 2.05) is 49.6 Å². The van der Waals surface area contributed by atoms with Gasteiger partial charge >= 0.3 is 0 Å². The molecule has 4 rings (SSSR count). The highest BCUT2D eigenvalue weighted by atomic mass is 35.5. The summed E-state index contributed by atoms with van der Waals surface area (Å²) in [6.45, 7) is 6.74. The van der Waals surface area contributed by atoms with Crippen molar-refractivity contribution in [3.05, 3.63) is 55.9 Å². The fraction of sp³-hybridized carbons (Fsp3) is 0.263. The number of thioether (sulfide) groups is 1. The molecule has 0 aliphatic carbocycles. The second-order valence-electron chi connectivity index (χ2n) is 6.33. The van der Waals surface area contributed by atoms with Gasteiger partial charge < -0.3 is 9.55 Å². The van der Waals surface area contributed by atoms with Crippen LogP contribution in [0.1, 0.15) is 23.2 Å². The third-order valence-electron chi connectivity index (χ3n) is 4.54. The van der Waals surface area contributed by atoms with Crippen LogP contribution in [0.3, 0.4) is 0 Å². The summed E-state index contributed by atoms with van der Waals surface area (Å²) < 4.78 is 2.03. The Kier molecular flexibility index (Phi) is 5.27. The van der Waals surface area contributed by atoms with Crippen molar-refractivity contribution < 1.29 is 0 Å². The van der Waals surface area contributed by atoms with Crippen molar-refractivity contribution in [2.24, 2.45) is 0 Å². The first-order valence-electron chi connectivity index (χ1n) is 8.78. The maximum absolute atomic E-state index is 12.4. The third-order valence-corrected chi connectivity index (χ3v) is 6.86. The van der Waals surface area contributed by atoms with Crippen molar-refractivity contribution >= 4 is 44.9 Å². The molecule has 0 bridgehead atoms. The van der Waals surface area contributed by atoms with Gasteiger partial charge in [0.1, 0.15) is 10.7 Å². The lowest BCUT2D eigenvalue weighted by Crippen LogP contribution is -2.11. The lowest BCUT2D eigenvalue weighted by Gasteiger charge is -2.07. The van der Waals surface area contributed by atoms with E-state index in [2.05, 4.69) is 20.2 Å². The molecule has 3 heterocycles. The average Bonchev–Trinajstić information content (AvgIpc) is 3.20. The van der Waals surface area contributed by atoms with E-state index < -0.39 is 0 Å². The molecule has 0 aliphatic rings. The molecule has 0 fully saturated rings. The molecule has 6 nitrogen and oxygen atoms in total. The van der Waals surface area contributed by atoms with E-state index in [4.69, 9.17) is 11.6 Å². The third kappa shape index (κ3) is 3.47. The SMILES string of the molecule is CCn1c(SCc2nc3sc(C)c(C)c3c(=O)[nH]2)nnc1-c1cccc(Cl)c1. The minimum absolute atomic E-state index is 0.0842. The first-order chi connectivity index (χ1) is 13.5. The Labute approximate surface area is 175 Å². The van der Waals surface area contributed by atoms with Gasteiger partial charge in [0.2, 0.25) is 0 Å². The molecule has 144 valence electrons. The summed E-state index contributed by atoms with van der Waals surface area (Å²) in [7, 11) is 0. The number of hydrogen-bond donors (Lipinski definition) is 1. The van der Waals surface area contributed by atoms with Gasteiger partial charge in [0.15, 0.2) is 11.0 Å². The molecule has 28 heavy (non-hydrogen) atoms. The fourth-order valence-electron chi connectivity index (χ4n) is 3.02. The zero-order valence-electron chi connectivity index (χ0n) is 15.6. The van der Waals surface area contributed by atoms with Gasteiger partial charge in [-0.05, 0) is 38.5 Å². The van der Waals surface area contributed by atoms with E-state index in [9.17, 15) is 4.79 Å². The number of aromatic amines is 1. The van der Waals surface area contributed by atoms with Gasteiger partial charge in [-0.25, -0.2) is 4.98 Å². The van der Waals surface area contributed by atoms with Crippen molar-refractivity contribution in [1.29, 1.82) is 0 Å². The number of aryl methyl sites for hydroxylation is 2. The Morgan fingerprint density at radius 1 is 1.29 bits per heavy atom. The van der Waals surface area contributed by atoms with Crippen molar-refractivity contribution in [3.63, 3.8) is 0 Å². The highest BCUT2D eigenvalue weighted by molar-refractivity contribution is 7.98. The van der Waals surface area contributed by atoms with E-state index in [-0.39, 0.29) is 5.56 Å². The summed E-state index contributed by atoms with van der Waals surface area (Å²) in [4.78, 5) is 21.9. The lowest BCUT2D eigenvalue weighted by atomic mass is 10.2. The molecule has 0 aliphatic heterocycles. The summed E-state index contributed by atoms with van der Waals surface area (Å²) in [5.41, 5.74) is 1.84. The van der Waals surface area contributed by atoms with Crippen LogP contribution in [0.25, 0.3) is 21.6 Å². The van der Waals surface area contributed by atoms with Crippen molar-refractivity contribution in [1.82, 2.24) is 24.7 Å². The van der Waals surface area contributed by atoms with Gasteiger partial charge in [0, 0.05) is 22.0 Å². The number of nitrogens with one attached hydrogen (secondary N) is 1. The molecular formula is C19H18ClN5OS2. The molecule has 0 saturated heterocycles. The minimum Gasteiger partial charge on any atom is -0.309 e. The molecule has 4 aromatic rings. The topological polar surface area (TPSA) is 76.5 Å². The van der Waals surface area contributed by atoms with Crippen LogP contribution in [0.15, 0.2) is 34.2 Å². The number of halogens is 1. The normalized spacial score (nSPS) is 11.4. The molecule has 9 heteroatoms. The van der Waals surface area contributed by atoms with Crippen molar-refractivity contribution in [3.8, 4) is 11.4 Å². The van der Waals surface area contributed by atoms with E-state index in [0.717, 1.165) is 38.4 Å². The van der Waals surface area contributed by atoms with Crippen LogP contribution in [-0.4, -0.2) is 24.7 Å². The molecule has 1 aromatic carbocycles. The van der Waals surface area contributed by atoms with Gasteiger partial charge in [-0.15, -0.1) is 21.5 Å². The predicted molar refractivity (Wildman–Crippen MR) is 115 cm³/mol. The number of H-pyrrole nitrogens is 1. The van der Waals surface area contributed by atoms with Crippen LogP contribution in [0.5, 0.6) is 0 Å². The Hall–Kier alpha value is -2.16. The number of nitrogens with zero attached hydrogens (tertiary/aromatic N) is 4. The Balaban J connectivity index is 1.62. The Bertz CT molecular complexity index is 1230. The minimum atomic E-state index is -0.0842. The van der Waals surface area contributed by atoms with Gasteiger partial charge in [-0.3, -0.25) is 4.79 Å². The summed E-state index contributed by atoms with van der Waals surface area (Å²) in [5.74, 6) is 1.92. The van der Waals surface area contributed by atoms with Crippen LogP contribution < -0.4 is 5.56 Å². The van der Waals surface area contributed by atoms with E-state index in [1.165, 1.54) is 11.8 Å². The Morgan fingerprint density at radius 3 is 2.86 bits per heavy atom. The summed E-state index contributed by atoms with van der Waals surface area (Å²) in [6.07, 6.45) is 0. The van der Waals surface area contributed by atoms with E-state index in [0.29, 0.717) is 22.0 Å². The van der Waals surface area contributed by atoms with Crippen LogP contribution >= 0.6 is 34.7 Å². The molecule has 0 atom stereocenters. The van der Waals surface area contributed by atoms with Crippen molar-refractivity contribution in [2.75, 3.05) is 0 Å². The van der Waals surface area contributed by atoms with Crippen LogP contribution in [0.4, 0.5) is 0 Å². The van der Waals surface area contributed by atoms with Crippen LogP contribution in [0, 0.1) is 13.8 Å². The second-order valence-corrected chi connectivity index (χ2v) is 8.91. The number of benzene rings is 1. The van der Waals surface area contributed by atoms with Gasteiger partial charge in [0.25, 0.3) is 5.56 Å². The second kappa shape index (κ2) is 7.69. The number of aromatic nitrogens is 5. The van der Waals surface area contributed by atoms with E-state index in [1.54, 1.807) is 11.3 Å². The zero-order valence-corrected chi connectivity index (χ0v) is 18.0. The summed E-state index contributed by atoms with van der Waals surface area (Å²) in [6, 6.07) is 7.57. The Morgan fingerprint density at radius 2 is 2.11 bits per heavy atom. The largest absolute Gasteiger partial charge is 0.309 e. The smallest absolute Gasteiger partial charge is 0.259 e. The summed E-state index contributed by atoms with van der Waals surface area (Å²) in [5, 5.41) is 10.8. The summed E-state index contributed by atoms with van der Waals surface area (Å²) >= 11 is 9.16. The number of thiophene rings is 1. The standard InChI is InChI=1S/C19H18ClN5OS2/c1-4-25-16(12-6-5-7-13(20)8-12)23-24-19(25)27-9-14-21-17(26)15-10(2)11(3)28-18(15)22-14/h5-8H,4,9H2,1-3H3,(H,21,22,26). The predicted octanol–water partition coefficient (Wildman–Crippen LogP) is 4.83. The quantitative estimate of drug-likeness (QED) is 0.458. The number of rotatable bonds is 5. The number of hydrogen-bond acceptors (Lipinski definition) is 6. The maximum atomic E-state index is 12.4. The van der Waals surface area contributed by atoms with Crippen LogP contribution in [-0.2, 0) is 12.3 Å². The molecule has 0 amide bonds. The first-order valence-corrected chi connectivity index (χ1v) is 11.0.